The number of aryl methyl sites for hydroxylation is 1. The van der Waals surface area contributed by atoms with Crippen molar-refractivity contribution in [2.45, 2.75) is 33.3 Å². The average Bonchev–Trinajstić information content (AvgIpc) is 1.91. The molecule has 0 heterocycles. The minimum Gasteiger partial charge on any atom is -1.00 e. The number of hydrogen-bond donors (Lipinski definition) is 0. The zero-order chi connectivity index (χ0) is 9.19. The van der Waals surface area contributed by atoms with Crippen LogP contribution in [0.3, 0.4) is 0 Å². The largest absolute Gasteiger partial charge is 2.00 e. The van der Waals surface area contributed by atoms with Gasteiger partial charge in [-0.15, -0.1) is 12.1 Å². The second-order valence-corrected chi connectivity index (χ2v) is 3.94. The van der Waals surface area contributed by atoms with E-state index in [4.69, 9.17) is 4.74 Å². The van der Waals surface area contributed by atoms with E-state index >= 15 is 0 Å². The van der Waals surface area contributed by atoms with Crippen molar-refractivity contribution in [3.8, 4) is 5.75 Å². The second kappa shape index (κ2) is 6.70. The molecule has 3 heteroatoms. The Labute approximate surface area is 113 Å². The number of ether oxygens (including phenoxy) is 1. The van der Waals surface area contributed by atoms with Crippen molar-refractivity contribution < 1.29 is 21.7 Å². The zero-order valence-corrected chi connectivity index (χ0v) is 12.2. The summed E-state index contributed by atoms with van der Waals surface area (Å²) in [6, 6.07) is 8.97. The Morgan fingerprint density at radius 3 is 2.14 bits per heavy atom. The van der Waals surface area contributed by atoms with E-state index < -0.39 is 0 Å². The zero-order valence-electron chi connectivity index (χ0n) is 9.23. The summed E-state index contributed by atoms with van der Waals surface area (Å²) in [6.45, 7) is 8.12. The molecule has 0 aliphatic carbocycles. The van der Waals surface area contributed by atoms with Crippen molar-refractivity contribution in [3.05, 3.63) is 29.8 Å². The standard InChI is InChI=1S/C11H15O.BrH.Mg/c1-9-5-7-10(8-6-9)12-11(2,3)4;;/h5-7H,1-4H3;1H;/q-1;;+2/p-1. The smallest absolute Gasteiger partial charge is 1.00 e. The molecule has 0 saturated carbocycles. The van der Waals surface area contributed by atoms with Gasteiger partial charge >= 0.3 is 23.1 Å². The van der Waals surface area contributed by atoms with E-state index in [1.54, 1.807) is 0 Å². The first kappa shape index (κ1) is 16.7. The Kier molecular flexibility index (Phi) is 7.98. The molecule has 0 aromatic heterocycles. The van der Waals surface area contributed by atoms with E-state index in [9.17, 15) is 0 Å². The van der Waals surface area contributed by atoms with Gasteiger partial charge in [0.05, 0.1) is 5.60 Å². The van der Waals surface area contributed by atoms with Crippen molar-refractivity contribution in [3.63, 3.8) is 0 Å². The van der Waals surface area contributed by atoms with Crippen LogP contribution in [0.2, 0.25) is 0 Å². The normalized spacial score (nSPS) is 9.71. The first-order valence-corrected chi connectivity index (χ1v) is 4.15. The average molecular weight is 267 g/mol. The first-order valence-electron chi connectivity index (χ1n) is 4.15. The molecule has 74 valence electrons. The van der Waals surface area contributed by atoms with E-state index in [1.165, 1.54) is 5.56 Å². The van der Waals surface area contributed by atoms with E-state index in [1.807, 2.05) is 45.9 Å². The molecule has 1 aromatic rings. The van der Waals surface area contributed by atoms with Crippen molar-refractivity contribution in [2.24, 2.45) is 0 Å². The molecular weight excluding hydrogens is 252 g/mol. The molecule has 0 fully saturated rings. The monoisotopic (exact) mass is 266 g/mol. The van der Waals surface area contributed by atoms with Gasteiger partial charge in [0.25, 0.3) is 0 Å². The van der Waals surface area contributed by atoms with E-state index in [0.29, 0.717) is 0 Å². The van der Waals surface area contributed by atoms with Gasteiger partial charge in [0.1, 0.15) is 0 Å². The van der Waals surface area contributed by atoms with Crippen molar-refractivity contribution >= 4 is 23.1 Å². The molecule has 1 aromatic carbocycles. The van der Waals surface area contributed by atoms with Gasteiger partial charge in [0.15, 0.2) is 0 Å². The fraction of sp³-hybridized carbons (Fsp3) is 0.455. The molecule has 0 N–H and O–H groups in total. The molecule has 0 spiro atoms. The van der Waals surface area contributed by atoms with Gasteiger partial charge in [-0.2, -0.15) is 17.7 Å². The molecule has 0 radical (unpaired) electrons. The molecule has 14 heavy (non-hydrogen) atoms. The number of rotatable bonds is 1. The summed E-state index contributed by atoms with van der Waals surface area (Å²) in [4.78, 5) is 0. The topological polar surface area (TPSA) is 9.23 Å². The third-order valence-corrected chi connectivity index (χ3v) is 1.36. The molecule has 0 atom stereocenters. The van der Waals surface area contributed by atoms with Crippen LogP contribution in [0.1, 0.15) is 26.3 Å². The fourth-order valence-electron chi connectivity index (χ4n) is 0.882. The summed E-state index contributed by atoms with van der Waals surface area (Å²) in [5, 5.41) is 0. The van der Waals surface area contributed by atoms with Gasteiger partial charge in [0, 0.05) is 5.75 Å². The molecule has 0 saturated heterocycles. The summed E-state index contributed by atoms with van der Waals surface area (Å²) < 4.78 is 5.60. The van der Waals surface area contributed by atoms with Crippen LogP contribution in [0.15, 0.2) is 18.2 Å². The molecule has 0 amide bonds. The maximum atomic E-state index is 5.60. The summed E-state index contributed by atoms with van der Waals surface area (Å²) in [7, 11) is 0. The van der Waals surface area contributed by atoms with Crippen LogP contribution in [0.4, 0.5) is 0 Å². The summed E-state index contributed by atoms with van der Waals surface area (Å²) >= 11 is 0. The molecule has 1 nitrogen and oxygen atoms in total. The maximum Gasteiger partial charge on any atom is 2.00 e. The fourth-order valence-corrected chi connectivity index (χ4v) is 0.882. The SMILES string of the molecule is Cc1c[c-]c(OC(C)(C)C)cc1.[Br-].[Mg+2]. The third kappa shape index (κ3) is 6.68. The molecule has 1 rings (SSSR count). The van der Waals surface area contributed by atoms with E-state index in [2.05, 4.69) is 6.07 Å². The Bertz CT molecular complexity index is 251. The van der Waals surface area contributed by atoms with E-state index in [0.717, 1.165) is 5.75 Å². The van der Waals surface area contributed by atoms with Crippen LogP contribution in [0.25, 0.3) is 0 Å². The predicted octanol–water partition coefficient (Wildman–Crippen LogP) is -0.404. The number of hydrogen-bond acceptors (Lipinski definition) is 1. The Morgan fingerprint density at radius 1 is 1.21 bits per heavy atom. The summed E-state index contributed by atoms with van der Waals surface area (Å²) in [6.07, 6.45) is 0. The Morgan fingerprint density at radius 2 is 1.79 bits per heavy atom. The minimum atomic E-state index is -0.133. The number of benzene rings is 1. The van der Waals surface area contributed by atoms with Crippen molar-refractivity contribution in [2.75, 3.05) is 0 Å². The van der Waals surface area contributed by atoms with Crippen LogP contribution in [0.5, 0.6) is 5.75 Å². The second-order valence-electron chi connectivity index (χ2n) is 3.94. The predicted molar refractivity (Wildman–Crippen MR) is 56.2 cm³/mol. The summed E-state index contributed by atoms with van der Waals surface area (Å²) in [5.74, 6) is 0.813. The molecular formula is C11H15BrMgO. The maximum absolute atomic E-state index is 5.60. The molecule has 0 bridgehead atoms. The van der Waals surface area contributed by atoms with Crippen molar-refractivity contribution in [1.29, 1.82) is 0 Å². The van der Waals surface area contributed by atoms with Gasteiger partial charge in [-0.05, 0) is 20.8 Å². The van der Waals surface area contributed by atoms with Crippen LogP contribution >= 0.6 is 0 Å². The van der Waals surface area contributed by atoms with Gasteiger partial charge in [-0.1, -0.05) is 6.92 Å². The minimum absolute atomic E-state index is 0. The Balaban J connectivity index is 0. The molecule has 0 unspecified atom stereocenters. The van der Waals surface area contributed by atoms with E-state index in [-0.39, 0.29) is 45.6 Å². The van der Waals surface area contributed by atoms with Gasteiger partial charge in [0.2, 0.25) is 0 Å². The first-order chi connectivity index (χ1) is 5.47. The number of halogens is 1. The quantitative estimate of drug-likeness (QED) is 0.497. The molecule has 0 aliphatic rings. The van der Waals surface area contributed by atoms with Crippen LogP contribution in [-0.2, 0) is 0 Å². The van der Waals surface area contributed by atoms with Gasteiger partial charge < -0.3 is 21.7 Å². The van der Waals surface area contributed by atoms with Crippen LogP contribution in [0, 0.1) is 13.0 Å². The summed E-state index contributed by atoms with van der Waals surface area (Å²) in [5.41, 5.74) is 1.07. The third-order valence-electron chi connectivity index (χ3n) is 1.36. The van der Waals surface area contributed by atoms with Crippen LogP contribution in [-0.4, -0.2) is 28.7 Å². The molecule has 0 aliphatic heterocycles. The van der Waals surface area contributed by atoms with Gasteiger partial charge in [-0.25, -0.2) is 0 Å². The van der Waals surface area contributed by atoms with Crippen molar-refractivity contribution in [1.82, 2.24) is 0 Å². The van der Waals surface area contributed by atoms with Crippen LogP contribution < -0.4 is 21.7 Å². The Hall–Kier alpha value is 0.266. The van der Waals surface area contributed by atoms with Gasteiger partial charge in [-0.3, -0.25) is 0 Å².